The summed E-state index contributed by atoms with van der Waals surface area (Å²) in [7, 11) is 0. The van der Waals surface area contributed by atoms with Gasteiger partial charge in [0.2, 0.25) is 5.91 Å². The molecule has 0 spiro atoms. The van der Waals surface area contributed by atoms with Crippen LogP contribution in [0.5, 0.6) is 0 Å². The highest BCUT2D eigenvalue weighted by atomic mass is 16.1. The molecule has 14 heavy (non-hydrogen) atoms. The van der Waals surface area contributed by atoms with Gasteiger partial charge in [-0.15, -0.1) is 0 Å². The number of amides is 1. The first-order chi connectivity index (χ1) is 6.86. The van der Waals surface area contributed by atoms with Crippen molar-refractivity contribution in [2.24, 2.45) is 0 Å². The van der Waals surface area contributed by atoms with Crippen molar-refractivity contribution in [3.05, 3.63) is 54.2 Å². The predicted molar refractivity (Wildman–Crippen MR) is 56.3 cm³/mol. The van der Waals surface area contributed by atoms with Gasteiger partial charge in [0, 0.05) is 12.6 Å². The lowest BCUT2D eigenvalue weighted by molar-refractivity contribution is -0.119. The van der Waals surface area contributed by atoms with Crippen molar-refractivity contribution in [1.29, 1.82) is 0 Å². The molecule has 0 bridgehead atoms. The van der Waals surface area contributed by atoms with Gasteiger partial charge in [0.1, 0.15) is 0 Å². The highest BCUT2D eigenvalue weighted by molar-refractivity contribution is 5.85. The van der Waals surface area contributed by atoms with Crippen LogP contribution in [0.25, 0.3) is 5.57 Å². The number of hydrogen-bond acceptors (Lipinski definition) is 1. The molecule has 1 aliphatic heterocycles. The summed E-state index contributed by atoms with van der Waals surface area (Å²) in [5, 5.41) is 2.73. The van der Waals surface area contributed by atoms with Gasteiger partial charge in [0.15, 0.2) is 0 Å². The molecule has 1 aromatic rings. The molecular weight excluding hydrogens is 174 g/mol. The van der Waals surface area contributed by atoms with Crippen molar-refractivity contribution >= 4 is 11.5 Å². The van der Waals surface area contributed by atoms with E-state index in [0.717, 1.165) is 11.1 Å². The van der Waals surface area contributed by atoms with Crippen molar-refractivity contribution in [1.82, 2.24) is 5.32 Å². The summed E-state index contributed by atoms with van der Waals surface area (Å²) < 4.78 is 0. The van der Waals surface area contributed by atoms with Crippen LogP contribution in [0.4, 0.5) is 0 Å². The first-order valence-corrected chi connectivity index (χ1v) is 4.58. The van der Waals surface area contributed by atoms with E-state index in [9.17, 15) is 4.79 Å². The Balaban J connectivity index is 2.31. The minimum atomic E-state index is 0.0344. The van der Waals surface area contributed by atoms with Crippen molar-refractivity contribution in [3.63, 3.8) is 0 Å². The second kappa shape index (κ2) is 3.92. The molecule has 0 aromatic heterocycles. The van der Waals surface area contributed by atoms with Gasteiger partial charge in [-0.1, -0.05) is 42.5 Å². The lowest BCUT2D eigenvalue weighted by atomic mass is 10.1. The molecule has 70 valence electrons. The summed E-state index contributed by atoms with van der Waals surface area (Å²) in [6.45, 7) is 0. The van der Waals surface area contributed by atoms with Crippen LogP contribution in [-0.4, -0.2) is 5.91 Å². The average Bonchev–Trinajstić information content (AvgIpc) is 2.44. The molecule has 0 aliphatic carbocycles. The van der Waals surface area contributed by atoms with E-state index in [0.29, 0.717) is 6.42 Å². The van der Waals surface area contributed by atoms with Crippen molar-refractivity contribution in [2.75, 3.05) is 0 Å². The molecule has 1 amide bonds. The first-order valence-electron chi connectivity index (χ1n) is 4.58. The molecule has 0 saturated heterocycles. The lowest BCUT2D eigenvalue weighted by Crippen LogP contribution is -2.14. The molecule has 2 heteroatoms. The van der Waals surface area contributed by atoms with Gasteiger partial charge in [-0.05, 0) is 11.1 Å². The molecule has 2 nitrogen and oxygen atoms in total. The Kier molecular flexibility index (Phi) is 2.45. The van der Waals surface area contributed by atoms with Crippen molar-refractivity contribution in [2.45, 2.75) is 6.42 Å². The SMILES string of the molecule is O=C1CC=CC(c2ccccc2)=CN1. The van der Waals surface area contributed by atoms with Crippen LogP contribution >= 0.6 is 0 Å². The molecular formula is C12H11NO. The van der Waals surface area contributed by atoms with E-state index in [1.54, 1.807) is 6.20 Å². The zero-order chi connectivity index (χ0) is 9.80. The zero-order valence-corrected chi connectivity index (χ0v) is 7.73. The number of allylic oxidation sites excluding steroid dienone is 2. The summed E-state index contributed by atoms with van der Waals surface area (Å²) >= 11 is 0. The third kappa shape index (κ3) is 1.91. The van der Waals surface area contributed by atoms with E-state index in [-0.39, 0.29) is 5.91 Å². The number of carbonyl (C=O) groups excluding carboxylic acids is 1. The van der Waals surface area contributed by atoms with Gasteiger partial charge < -0.3 is 5.32 Å². The number of hydrogen-bond donors (Lipinski definition) is 1. The first kappa shape index (κ1) is 8.75. The molecule has 1 aromatic carbocycles. The normalized spacial score (nSPS) is 15.7. The van der Waals surface area contributed by atoms with E-state index in [1.165, 1.54) is 0 Å². The van der Waals surface area contributed by atoms with Gasteiger partial charge in [0.05, 0.1) is 0 Å². The van der Waals surface area contributed by atoms with Crippen molar-refractivity contribution < 1.29 is 4.79 Å². The van der Waals surface area contributed by atoms with Gasteiger partial charge in [0.25, 0.3) is 0 Å². The molecule has 0 saturated carbocycles. The Morgan fingerprint density at radius 1 is 1.14 bits per heavy atom. The monoisotopic (exact) mass is 185 g/mol. The molecule has 0 atom stereocenters. The molecule has 1 aliphatic rings. The maximum absolute atomic E-state index is 11.1. The Morgan fingerprint density at radius 2 is 1.93 bits per heavy atom. The molecule has 0 unspecified atom stereocenters. The van der Waals surface area contributed by atoms with Gasteiger partial charge >= 0.3 is 0 Å². The number of benzene rings is 1. The van der Waals surface area contributed by atoms with Gasteiger partial charge in [-0.3, -0.25) is 4.79 Å². The number of carbonyl (C=O) groups is 1. The maximum Gasteiger partial charge on any atom is 0.227 e. The summed E-state index contributed by atoms with van der Waals surface area (Å²) in [6, 6.07) is 9.98. The molecule has 1 N–H and O–H groups in total. The Bertz CT molecular complexity index is 390. The summed E-state index contributed by atoms with van der Waals surface area (Å²) in [6.07, 6.45) is 6.04. The van der Waals surface area contributed by atoms with E-state index < -0.39 is 0 Å². The molecule has 2 rings (SSSR count). The standard InChI is InChI=1S/C12H11NO/c14-12-8-4-7-11(9-13-12)10-5-2-1-3-6-10/h1-7,9H,8H2,(H,13,14). The van der Waals surface area contributed by atoms with Crippen LogP contribution in [0.2, 0.25) is 0 Å². The third-order valence-electron chi connectivity index (χ3n) is 2.10. The van der Waals surface area contributed by atoms with Crippen molar-refractivity contribution in [3.8, 4) is 0 Å². The van der Waals surface area contributed by atoms with Crippen LogP contribution in [0.15, 0.2) is 48.7 Å². The van der Waals surface area contributed by atoms with E-state index in [1.807, 2.05) is 42.5 Å². The Hall–Kier alpha value is -1.83. The maximum atomic E-state index is 11.1. The molecule has 0 radical (unpaired) electrons. The van der Waals surface area contributed by atoms with Crippen LogP contribution in [0.3, 0.4) is 0 Å². The molecule has 1 heterocycles. The predicted octanol–water partition coefficient (Wildman–Crippen LogP) is 2.10. The van der Waals surface area contributed by atoms with Crippen LogP contribution in [0, 0.1) is 0 Å². The second-order valence-electron chi connectivity index (χ2n) is 3.14. The summed E-state index contributed by atoms with van der Waals surface area (Å²) in [4.78, 5) is 11.1. The van der Waals surface area contributed by atoms with Crippen LogP contribution in [0.1, 0.15) is 12.0 Å². The highest BCUT2D eigenvalue weighted by Crippen LogP contribution is 2.16. The fourth-order valence-corrected chi connectivity index (χ4v) is 1.37. The smallest absolute Gasteiger partial charge is 0.227 e. The summed E-state index contributed by atoms with van der Waals surface area (Å²) in [5.74, 6) is 0.0344. The second-order valence-corrected chi connectivity index (χ2v) is 3.14. The average molecular weight is 185 g/mol. The summed E-state index contributed by atoms with van der Waals surface area (Å²) in [5.41, 5.74) is 2.16. The minimum Gasteiger partial charge on any atom is -0.332 e. The third-order valence-corrected chi connectivity index (χ3v) is 2.10. The minimum absolute atomic E-state index is 0.0344. The number of nitrogens with one attached hydrogen (secondary N) is 1. The van der Waals surface area contributed by atoms with Crippen LogP contribution < -0.4 is 5.32 Å². The Morgan fingerprint density at radius 3 is 2.71 bits per heavy atom. The number of rotatable bonds is 1. The Labute approximate surface area is 82.9 Å². The quantitative estimate of drug-likeness (QED) is 0.713. The van der Waals surface area contributed by atoms with Gasteiger partial charge in [-0.2, -0.15) is 0 Å². The van der Waals surface area contributed by atoms with Gasteiger partial charge in [-0.25, -0.2) is 0 Å². The van der Waals surface area contributed by atoms with E-state index in [4.69, 9.17) is 0 Å². The highest BCUT2D eigenvalue weighted by Gasteiger charge is 2.03. The van der Waals surface area contributed by atoms with Crippen LogP contribution in [-0.2, 0) is 4.79 Å². The molecule has 0 fully saturated rings. The van der Waals surface area contributed by atoms with E-state index in [2.05, 4.69) is 5.32 Å². The fourth-order valence-electron chi connectivity index (χ4n) is 1.37. The lowest BCUT2D eigenvalue weighted by Gasteiger charge is -2.00. The fraction of sp³-hybridized carbons (Fsp3) is 0.0833. The topological polar surface area (TPSA) is 29.1 Å². The van der Waals surface area contributed by atoms with E-state index >= 15 is 0 Å². The zero-order valence-electron chi connectivity index (χ0n) is 7.73. The largest absolute Gasteiger partial charge is 0.332 e.